The predicted octanol–water partition coefficient (Wildman–Crippen LogP) is 5.98. The molecule has 5 unspecified atom stereocenters. The van der Waals surface area contributed by atoms with Crippen LogP contribution in [-0.2, 0) is 6.54 Å². The van der Waals surface area contributed by atoms with E-state index in [0.717, 1.165) is 48.2 Å². The highest BCUT2D eigenvalue weighted by molar-refractivity contribution is 5.83. The number of aryl methyl sites for hydroxylation is 1. The van der Waals surface area contributed by atoms with Crippen LogP contribution in [0.4, 0.5) is 5.82 Å². The molecule has 0 bridgehead atoms. The Morgan fingerprint density at radius 1 is 1.13 bits per heavy atom. The van der Waals surface area contributed by atoms with E-state index >= 15 is 0 Å². The average Bonchev–Trinajstić information content (AvgIpc) is 3.08. The molecule has 30 heavy (non-hydrogen) atoms. The first-order valence-electron chi connectivity index (χ1n) is 11.9. The van der Waals surface area contributed by atoms with Gasteiger partial charge in [-0.15, -0.1) is 0 Å². The lowest BCUT2D eigenvalue weighted by atomic mass is 9.46. The Balaban J connectivity index is 1.40. The van der Waals surface area contributed by atoms with E-state index in [-0.39, 0.29) is 5.54 Å². The lowest BCUT2D eigenvalue weighted by Crippen LogP contribution is -2.51. The largest absolute Gasteiger partial charge is 0.363 e. The number of nitrogens with zero attached hydrogens (tertiary/aromatic N) is 4. The predicted molar refractivity (Wildman–Crippen MR) is 122 cm³/mol. The van der Waals surface area contributed by atoms with E-state index < -0.39 is 0 Å². The fraction of sp³-hybridized carbons (Fsp3) is 0.720. The van der Waals surface area contributed by atoms with E-state index in [9.17, 15) is 0 Å². The molecule has 2 aromatic heterocycles. The molecule has 0 amide bonds. The summed E-state index contributed by atoms with van der Waals surface area (Å²) in [5, 5.41) is 3.82. The molecule has 2 saturated carbocycles. The Morgan fingerprint density at radius 2 is 1.97 bits per heavy atom. The van der Waals surface area contributed by atoms with Gasteiger partial charge in [0.25, 0.3) is 0 Å². The molecule has 5 atom stereocenters. The van der Waals surface area contributed by atoms with E-state index in [0.29, 0.717) is 10.8 Å². The number of fused-ring (bicyclic) bond motifs is 1. The summed E-state index contributed by atoms with van der Waals surface area (Å²) in [4.78, 5) is 13.4. The highest BCUT2D eigenvalue weighted by Gasteiger charge is 2.54. The molecule has 2 aromatic rings. The number of allylic oxidation sites excluding steroid dienone is 1. The number of rotatable bonds is 3. The average molecular weight is 408 g/mol. The smallest absolute Gasteiger partial charge is 0.182 e. The van der Waals surface area contributed by atoms with Crippen molar-refractivity contribution >= 4 is 17.0 Å². The molecular weight excluding hydrogens is 370 g/mol. The van der Waals surface area contributed by atoms with Crippen molar-refractivity contribution in [1.29, 1.82) is 0 Å². The lowest BCUT2D eigenvalue weighted by Gasteiger charge is -2.59. The maximum atomic E-state index is 4.58. The number of hydrogen-bond acceptors (Lipinski definition) is 4. The van der Waals surface area contributed by atoms with Crippen molar-refractivity contribution in [3.05, 3.63) is 24.8 Å². The topological polar surface area (TPSA) is 55.6 Å². The normalized spacial score (nSPS) is 38.7. The molecule has 1 aliphatic heterocycles. The monoisotopic (exact) mass is 407 g/mol. The summed E-state index contributed by atoms with van der Waals surface area (Å²) in [5.74, 6) is 2.46. The first-order valence-corrected chi connectivity index (χ1v) is 11.9. The third-order valence-corrected chi connectivity index (χ3v) is 9.52. The Kier molecular flexibility index (Phi) is 4.53. The van der Waals surface area contributed by atoms with Gasteiger partial charge >= 0.3 is 0 Å². The molecule has 0 radical (unpaired) electrons. The minimum atomic E-state index is 0.0303. The fourth-order valence-corrected chi connectivity index (χ4v) is 7.01. The van der Waals surface area contributed by atoms with Crippen molar-refractivity contribution in [2.45, 2.75) is 91.1 Å². The molecule has 3 heterocycles. The van der Waals surface area contributed by atoms with E-state index in [4.69, 9.17) is 0 Å². The highest BCUT2D eigenvalue weighted by Crippen LogP contribution is 2.63. The van der Waals surface area contributed by atoms with Gasteiger partial charge in [0.1, 0.15) is 11.8 Å². The van der Waals surface area contributed by atoms with E-state index in [1.165, 1.54) is 44.1 Å². The molecule has 3 aliphatic rings. The second kappa shape index (κ2) is 6.80. The van der Waals surface area contributed by atoms with Crippen molar-refractivity contribution < 1.29 is 0 Å². The van der Waals surface area contributed by atoms with E-state index in [2.05, 4.69) is 59.1 Å². The Morgan fingerprint density at radius 3 is 2.80 bits per heavy atom. The highest BCUT2D eigenvalue weighted by atomic mass is 15.2. The molecule has 2 fully saturated rings. The second-order valence-electron chi connectivity index (χ2n) is 11.2. The second-order valence-corrected chi connectivity index (χ2v) is 11.2. The van der Waals surface area contributed by atoms with Gasteiger partial charge in [0.15, 0.2) is 11.5 Å². The summed E-state index contributed by atoms with van der Waals surface area (Å²) >= 11 is 0. The molecular formula is C25H37N5. The number of anilines is 1. The van der Waals surface area contributed by atoms with Gasteiger partial charge in [-0.05, 0) is 81.0 Å². The van der Waals surface area contributed by atoms with Crippen LogP contribution in [0.2, 0.25) is 0 Å². The van der Waals surface area contributed by atoms with Gasteiger partial charge in [-0.1, -0.05) is 32.9 Å². The van der Waals surface area contributed by atoms with Crippen LogP contribution in [0.1, 0.15) is 79.1 Å². The Bertz CT molecular complexity index is 979. The summed E-state index contributed by atoms with van der Waals surface area (Å²) in [5.41, 5.74) is 4.09. The van der Waals surface area contributed by atoms with Crippen molar-refractivity contribution in [2.24, 2.45) is 22.7 Å². The van der Waals surface area contributed by atoms with Crippen LogP contribution in [0.25, 0.3) is 11.2 Å². The van der Waals surface area contributed by atoms with Crippen molar-refractivity contribution in [2.75, 3.05) is 5.32 Å². The van der Waals surface area contributed by atoms with Crippen LogP contribution in [-0.4, -0.2) is 25.1 Å². The van der Waals surface area contributed by atoms with Crippen LogP contribution in [0.15, 0.2) is 24.8 Å². The lowest BCUT2D eigenvalue weighted by molar-refractivity contribution is -0.0579. The summed E-state index contributed by atoms with van der Waals surface area (Å²) < 4.78 is 2.22. The zero-order chi connectivity index (χ0) is 21.1. The Hall–Kier alpha value is -1.91. The number of imidazole rings is 1. The Labute approximate surface area is 180 Å². The number of aromatic nitrogens is 4. The summed E-state index contributed by atoms with van der Waals surface area (Å²) in [6.45, 7) is 15.5. The molecule has 5 heteroatoms. The molecule has 2 aliphatic carbocycles. The van der Waals surface area contributed by atoms with Crippen LogP contribution in [0, 0.1) is 22.7 Å². The molecule has 0 aromatic carbocycles. The molecule has 0 spiro atoms. The van der Waals surface area contributed by atoms with Crippen molar-refractivity contribution in [1.82, 2.24) is 19.5 Å². The molecule has 5 rings (SSSR count). The van der Waals surface area contributed by atoms with Gasteiger partial charge in [-0.25, -0.2) is 15.0 Å². The van der Waals surface area contributed by atoms with Gasteiger partial charge in [0.05, 0.1) is 6.33 Å². The van der Waals surface area contributed by atoms with Gasteiger partial charge in [-0.2, -0.15) is 0 Å². The quantitative estimate of drug-likeness (QED) is 0.636. The van der Waals surface area contributed by atoms with Crippen LogP contribution in [0.5, 0.6) is 0 Å². The van der Waals surface area contributed by atoms with Gasteiger partial charge in [-0.3, -0.25) is 0 Å². The number of hydrogen-bond donors (Lipinski definition) is 1. The van der Waals surface area contributed by atoms with Crippen molar-refractivity contribution in [3.8, 4) is 0 Å². The minimum Gasteiger partial charge on any atom is -0.363 e. The van der Waals surface area contributed by atoms with Gasteiger partial charge in [0.2, 0.25) is 0 Å². The van der Waals surface area contributed by atoms with E-state index in [1.54, 1.807) is 6.33 Å². The zero-order valence-corrected chi connectivity index (χ0v) is 19.2. The zero-order valence-electron chi connectivity index (χ0n) is 19.2. The molecule has 162 valence electrons. The summed E-state index contributed by atoms with van der Waals surface area (Å²) in [6.07, 6.45) is 13.6. The minimum absolute atomic E-state index is 0.0303. The molecule has 5 nitrogen and oxygen atoms in total. The van der Waals surface area contributed by atoms with Crippen LogP contribution >= 0.6 is 0 Å². The van der Waals surface area contributed by atoms with Crippen molar-refractivity contribution in [3.63, 3.8) is 0 Å². The standard InChI is InChI=1S/C25H37N5/c1-17-7-6-8-19-24(17,4)10-9-18(2)25(19,5)12-11-23(3)13-14-30-16-28-21-20(30)22(29-23)27-15-26-21/h15-16,18-19H,1,6-14H2,2-5H3,(H,26,27,29). The summed E-state index contributed by atoms with van der Waals surface area (Å²) in [6, 6.07) is 0. The van der Waals surface area contributed by atoms with Crippen LogP contribution < -0.4 is 5.32 Å². The maximum Gasteiger partial charge on any atom is 0.182 e. The van der Waals surface area contributed by atoms with Gasteiger partial charge < -0.3 is 9.88 Å². The maximum absolute atomic E-state index is 4.58. The SMILES string of the molecule is C=C1CCCC2C1(C)CCC(C)C2(C)CCC1(C)CCn2cnc3ncnc(c32)N1. The van der Waals surface area contributed by atoms with Gasteiger partial charge in [0, 0.05) is 12.1 Å². The first kappa shape index (κ1) is 20.0. The number of nitrogens with one attached hydrogen (secondary N) is 1. The molecule has 1 N–H and O–H groups in total. The van der Waals surface area contributed by atoms with Crippen LogP contribution in [0.3, 0.4) is 0 Å². The van der Waals surface area contributed by atoms with E-state index in [1.807, 2.05) is 6.33 Å². The fourth-order valence-electron chi connectivity index (χ4n) is 7.01. The molecule has 0 saturated heterocycles. The third-order valence-electron chi connectivity index (χ3n) is 9.52. The first-order chi connectivity index (χ1) is 14.3. The third kappa shape index (κ3) is 2.91. The summed E-state index contributed by atoms with van der Waals surface area (Å²) in [7, 11) is 0.